The first-order valence-electron chi connectivity index (χ1n) is 5.47. The standard InChI is InChI=1S/C10H14N2O2.C2H6/c1-7(2)14-10-4-9(5-11-6-10)12-8(3)13;1-2/h4-7H,1-3H3,(H,12,13);1-2H3. The maximum atomic E-state index is 10.8. The first kappa shape index (κ1) is 14.4. The van der Waals surface area contributed by atoms with Crippen LogP contribution in [-0.4, -0.2) is 17.0 Å². The lowest BCUT2D eigenvalue weighted by molar-refractivity contribution is -0.114. The summed E-state index contributed by atoms with van der Waals surface area (Å²) < 4.78 is 5.42. The molecule has 0 unspecified atom stereocenters. The van der Waals surface area contributed by atoms with Crippen LogP contribution in [0.5, 0.6) is 5.75 Å². The highest BCUT2D eigenvalue weighted by atomic mass is 16.5. The number of hydrogen-bond donors (Lipinski definition) is 1. The summed E-state index contributed by atoms with van der Waals surface area (Å²) in [4.78, 5) is 14.7. The van der Waals surface area contributed by atoms with E-state index in [0.717, 1.165) is 0 Å². The molecule has 4 heteroatoms. The predicted octanol–water partition coefficient (Wildman–Crippen LogP) is 2.85. The fourth-order valence-corrected chi connectivity index (χ4v) is 1.03. The Balaban J connectivity index is 0.00000106. The van der Waals surface area contributed by atoms with Gasteiger partial charge < -0.3 is 10.1 Å². The van der Waals surface area contributed by atoms with Gasteiger partial charge in [0.1, 0.15) is 5.75 Å². The summed E-state index contributed by atoms with van der Waals surface area (Å²) in [6.07, 6.45) is 3.30. The second kappa shape index (κ2) is 7.68. The summed E-state index contributed by atoms with van der Waals surface area (Å²) in [5.41, 5.74) is 0.649. The van der Waals surface area contributed by atoms with Gasteiger partial charge in [-0.15, -0.1) is 0 Å². The van der Waals surface area contributed by atoms with Crippen molar-refractivity contribution in [2.45, 2.75) is 40.7 Å². The molecule has 0 saturated carbocycles. The van der Waals surface area contributed by atoms with E-state index < -0.39 is 0 Å². The van der Waals surface area contributed by atoms with Crippen LogP contribution in [0.1, 0.15) is 34.6 Å². The van der Waals surface area contributed by atoms with E-state index in [1.807, 2.05) is 27.7 Å². The van der Waals surface area contributed by atoms with Crippen LogP contribution in [0.2, 0.25) is 0 Å². The molecular weight excluding hydrogens is 204 g/mol. The van der Waals surface area contributed by atoms with E-state index in [1.165, 1.54) is 6.92 Å². The molecule has 1 N–H and O–H groups in total. The van der Waals surface area contributed by atoms with E-state index in [-0.39, 0.29) is 12.0 Å². The lowest BCUT2D eigenvalue weighted by Gasteiger charge is -2.10. The minimum atomic E-state index is -0.117. The Labute approximate surface area is 97.0 Å². The lowest BCUT2D eigenvalue weighted by Crippen LogP contribution is -2.08. The van der Waals surface area contributed by atoms with Crippen LogP contribution in [0.15, 0.2) is 18.5 Å². The number of nitrogens with one attached hydrogen (secondary N) is 1. The second-order valence-electron chi connectivity index (χ2n) is 3.26. The van der Waals surface area contributed by atoms with E-state index in [9.17, 15) is 4.79 Å². The minimum absolute atomic E-state index is 0.101. The zero-order valence-electron chi connectivity index (χ0n) is 10.6. The lowest BCUT2D eigenvalue weighted by atomic mass is 10.4. The van der Waals surface area contributed by atoms with Gasteiger partial charge in [0, 0.05) is 13.0 Å². The molecule has 0 aliphatic rings. The van der Waals surface area contributed by atoms with Crippen LogP contribution in [0, 0.1) is 0 Å². The Hall–Kier alpha value is -1.58. The Morgan fingerprint density at radius 1 is 1.38 bits per heavy atom. The molecule has 0 aromatic carbocycles. The third-order valence-corrected chi connectivity index (χ3v) is 1.41. The smallest absolute Gasteiger partial charge is 0.221 e. The summed E-state index contributed by atoms with van der Waals surface area (Å²) in [5, 5.41) is 2.64. The number of amides is 1. The van der Waals surface area contributed by atoms with E-state index >= 15 is 0 Å². The molecule has 1 amide bonds. The molecule has 0 atom stereocenters. The van der Waals surface area contributed by atoms with Gasteiger partial charge in [0.15, 0.2) is 0 Å². The van der Waals surface area contributed by atoms with Crippen molar-refractivity contribution in [3.63, 3.8) is 0 Å². The molecule has 0 radical (unpaired) electrons. The van der Waals surface area contributed by atoms with E-state index in [2.05, 4.69) is 10.3 Å². The molecule has 0 bridgehead atoms. The molecule has 0 aliphatic carbocycles. The molecule has 0 aliphatic heterocycles. The van der Waals surface area contributed by atoms with Crippen LogP contribution in [-0.2, 0) is 4.79 Å². The molecule has 4 nitrogen and oxygen atoms in total. The number of carbonyl (C=O) groups is 1. The summed E-state index contributed by atoms with van der Waals surface area (Å²) in [6, 6.07) is 1.74. The fraction of sp³-hybridized carbons (Fsp3) is 0.500. The summed E-state index contributed by atoms with van der Waals surface area (Å²) in [5.74, 6) is 0.541. The maximum absolute atomic E-state index is 10.8. The number of nitrogens with zero attached hydrogens (tertiary/aromatic N) is 1. The Kier molecular flexibility index (Phi) is 6.92. The van der Waals surface area contributed by atoms with Gasteiger partial charge in [-0.05, 0) is 13.8 Å². The van der Waals surface area contributed by atoms with Gasteiger partial charge in [0.25, 0.3) is 0 Å². The van der Waals surface area contributed by atoms with Gasteiger partial charge in [-0.3, -0.25) is 9.78 Å². The summed E-state index contributed by atoms with van der Waals surface area (Å²) in [7, 11) is 0. The molecule has 1 heterocycles. The maximum Gasteiger partial charge on any atom is 0.221 e. The van der Waals surface area contributed by atoms with E-state index in [0.29, 0.717) is 11.4 Å². The van der Waals surface area contributed by atoms with Gasteiger partial charge in [-0.25, -0.2) is 0 Å². The van der Waals surface area contributed by atoms with Crippen molar-refractivity contribution < 1.29 is 9.53 Å². The van der Waals surface area contributed by atoms with Crippen LogP contribution >= 0.6 is 0 Å². The Morgan fingerprint density at radius 3 is 2.50 bits per heavy atom. The zero-order chi connectivity index (χ0) is 12.6. The van der Waals surface area contributed by atoms with Gasteiger partial charge in [-0.1, -0.05) is 13.8 Å². The van der Waals surface area contributed by atoms with Crippen LogP contribution < -0.4 is 10.1 Å². The van der Waals surface area contributed by atoms with E-state index in [1.54, 1.807) is 18.5 Å². The minimum Gasteiger partial charge on any atom is -0.489 e. The van der Waals surface area contributed by atoms with Crippen molar-refractivity contribution in [3.05, 3.63) is 18.5 Å². The molecule has 0 spiro atoms. The highest BCUT2D eigenvalue weighted by Crippen LogP contribution is 2.16. The fourth-order valence-electron chi connectivity index (χ4n) is 1.03. The highest BCUT2D eigenvalue weighted by molar-refractivity contribution is 5.88. The molecule has 0 fully saturated rings. The van der Waals surface area contributed by atoms with Gasteiger partial charge in [0.05, 0.1) is 24.2 Å². The predicted molar refractivity (Wildman–Crippen MR) is 65.7 cm³/mol. The first-order valence-corrected chi connectivity index (χ1v) is 5.47. The third-order valence-electron chi connectivity index (χ3n) is 1.41. The molecule has 1 aromatic rings. The van der Waals surface area contributed by atoms with Crippen molar-refractivity contribution in [2.24, 2.45) is 0 Å². The number of carbonyl (C=O) groups excluding carboxylic acids is 1. The molecule has 0 saturated heterocycles. The average molecular weight is 224 g/mol. The van der Waals surface area contributed by atoms with Crippen LogP contribution in [0.4, 0.5) is 5.69 Å². The van der Waals surface area contributed by atoms with E-state index in [4.69, 9.17) is 4.74 Å². The summed E-state index contributed by atoms with van der Waals surface area (Å²) in [6.45, 7) is 9.33. The SMILES string of the molecule is CC.CC(=O)Nc1cncc(OC(C)C)c1. The average Bonchev–Trinajstić information content (AvgIpc) is 2.19. The van der Waals surface area contributed by atoms with Crippen LogP contribution in [0.3, 0.4) is 0 Å². The van der Waals surface area contributed by atoms with Crippen molar-refractivity contribution in [1.82, 2.24) is 4.98 Å². The summed E-state index contributed by atoms with van der Waals surface area (Å²) >= 11 is 0. The molecule has 90 valence electrons. The monoisotopic (exact) mass is 224 g/mol. The number of ether oxygens (including phenoxy) is 1. The number of rotatable bonds is 3. The van der Waals surface area contributed by atoms with Gasteiger partial charge in [0.2, 0.25) is 5.91 Å². The van der Waals surface area contributed by atoms with Crippen molar-refractivity contribution in [3.8, 4) is 5.75 Å². The Bertz CT molecular complexity index is 325. The molecule has 1 rings (SSSR count). The first-order chi connectivity index (χ1) is 7.58. The van der Waals surface area contributed by atoms with Crippen LogP contribution in [0.25, 0.3) is 0 Å². The molecule has 16 heavy (non-hydrogen) atoms. The molecule has 1 aromatic heterocycles. The Morgan fingerprint density at radius 2 is 2.00 bits per heavy atom. The zero-order valence-corrected chi connectivity index (χ0v) is 10.6. The quantitative estimate of drug-likeness (QED) is 0.858. The van der Waals surface area contributed by atoms with Crippen molar-refractivity contribution in [1.29, 1.82) is 0 Å². The largest absolute Gasteiger partial charge is 0.489 e. The number of anilines is 1. The van der Waals surface area contributed by atoms with Crippen molar-refractivity contribution >= 4 is 11.6 Å². The topological polar surface area (TPSA) is 51.2 Å². The molecular formula is C12H20N2O2. The van der Waals surface area contributed by atoms with Gasteiger partial charge >= 0.3 is 0 Å². The van der Waals surface area contributed by atoms with Crippen molar-refractivity contribution in [2.75, 3.05) is 5.32 Å². The van der Waals surface area contributed by atoms with Gasteiger partial charge in [-0.2, -0.15) is 0 Å². The number of aromatic nitrogens is 1. The number of hydrogen-bond acceptors (Lipinski definition) is 3. The second-order valence-corrected chi connectivity index (χ2v) is 3.26. The number of pyridine rings is 1. The normalized spacial score (nSPS) is 9.12. The third kappa shape index (κ3) is 6.01. The highest BCUT2D eigenvalue weighted by Gasteiger charge is 2.00.